The number of aliphatic hydroxyl groups is 2. The third-order valence-corrected chi connectivity index (χ3v) is 3.55. The molecule has 0 fully saturated rings. The van der Waals surface area contributed by atoms with Gasteiger partial charge in [0.05, 0.1) is 11.2 Å². The van der Waals surface area contributed by atoms with Crippen LogP contribution in [0.15, 0.2) is 60.7 Å². The lowest BCUT2D eigenvalue weighted by atomic mass is 9.81. The normalized spacial score (nSPS) is 17.2. The molecule has 2 heteroatoms. The van der Waals surface area contributed by atoms with Crippen LogP contribution in [0.25, 0.3) is 0 Å². The molecule has 0 saturated heterocycles. The third-order valence-electron chi connectivity index (χ3n) is 3.55. The summed E-state index contributed by atoms with van der Waals surface area (Å²) in [5, 5.41) is 21.2. The van der Waals surface area contributed by atoms with E-state index in [1.807, 2.05) is 60.7 Å². The minimum atomic E-state index is -1.04. The quantitative estimate of drug-likeness (QED) is 0.875. The lowest BCUT2D eigenvalue weighted by Gasteiger charge is -2.33. The van der Waals surface area contributed by atoms with Crippen LogP contribution in [0.4, 0.5) is 0 Å². The van der Waals surface area contributed by atoms with E-state index in [9.17, 15) is 10.2 Å². The van der Waals surface area contributed by atoms with Crippen molar-refractivity contribution in [1.82, 2.24) is 0 Å². The van der Waals surface area contributed by atoms with Gasteiger partial charge in [0.2, 0.25) is 0 Å². The summed E-state index contributed by atoms with van der Waals surface area (Å²) in [6.07, 6.45) is 0.815. The zero-order chi connectivity index (χ0) is 14.6. The van der Waals surface area contributed by atoms with E-state index in [1.54, 1.807) is 13.8 Å². The average Bonchev–Trinajstić information content (AvgIpc) is 2.39. The van der Waals surface area contributed by atoms with E-state index in [2.05, 4.69) is 0 Å². The Balaban J connectivity index is 2.11. The molecular formula is C18H22O2. The lowest BCUT2D eigenvalue weighted by Crippen LogP contribution is -2.37. The van der Waals surface area contributed by atoms with Crippen LogP contribution in [0.5, 0.6) is 0 Å². The van der Waals surface area contributed by atoms with E-state index < -0.39 is 11.2 Å². The zero-order valence-electron chi connectivity index (χ0n) is 12.1. The van der Waals surface area contributed by atoms with Gasteiger partial charge in [-0.3, -0.25) is 0 Å². The van der Waals surface area contributed by atoms with E-state index in [0.29, 0.717) is 12.8 Å². The van der Waals surface area contributed by atoms with Gasteiger partial charge < -0.3 is 10.2 Å². The molecule has 0 aliphatic rings. The summed E-state index contributed by atoms with van der Waals surface area (Å²) in [6.45, 7) is 3.53. The first-order valence-electron chi connectivity index (χ1n) is 6.93. The highest BCUT2D eigenvalue weighted by Crippen LogP contribution is 2.31. The van der Waals surface area contributed by atoms with Crippen LogP contribution in [0.2, 0.25) is 0 Å². The predicted molar refractivity (Wildman–Crippen MR) is 81.4 cm³/mol. The molecule has 2 N–H and O–H groups in total. The fourth-order valence-electron chi connectivity index (χ4n) is 2.74. The smallest absolute Gasteiger partial charge is 0.0895 e. The van der Waals surface area contributed by atoms with E-state index in [0.717, 1.165) is 11.1 Å². The van der Waals surface area contributed by atoms with Crippen molar-refractivity contribution in [1.29, 1.82) is 0 Å². The second kappa shape index (κ2) is 5.78. The van der Waals surface area contributed by atoms with Gasteiger partial charge in [-0.25, -0.2) is 0 Å². The fourth-order valence-corrected chi connectivity index (χ4v) is 2.74. The SMILES string of the molecule is CC(O)(Cc1ccccc1)CC(C)(O)c1ccccc1. The molecule has 2 unspecified atom stereocenters. The number of benzene rings is 2. The highest BCUT2D eigenvalue weighted by molar-refractivity contribution is 5.23. The van der Waals surface area contributed by atoms with Crippen molar-refractivity contribution in [3.05, 3.63) is 71.8 Å². The molecule has 0 heterocycles. The van der Waals surface area contributed by atoms with Crippen LogP contribution < -0.4 is 0 Å². The van der Waals surface area contributed by atoms with Crippen molar-refractivity contribution in [2.45, 2.75) is 37.9 Å². The molecule has 2 nitrogen and oxygen atoms in total. The molecule has 0 aliphatic heterocycles. The first-order chi connectivity index (χ1) is 9.39. The van der Waals surface area contributed by atoms with Crippen molar-refractivity contribution in [2.24, 2.45) is 0 Å². The third kappa shape index (κ3) is 3.92. The largest absolute Gasteiger partial charge is 0.390 e. The van der Waals surface area contributed by atoms with Crippen LogP contribution in [-0.2, 0) is 12.0 Å². The summed E-state index contributed by atoms with van der Waals surface area (Å²) in [6, 6.07) is 19.3. The first kappa shape index (κ1) is 14.8. The molecule has 0 saturated carbocycles. The molecule has 106 valence electrons. The minimum Gasteiger partial charge on any atom is -0.390 e. The Hall–Kier alpha value is -1.64. The van der Waals surface area contributed by atoms with Gasteiger partial charge in [0.15, 0.2) is 0 Å². The monoisotopic (exact) mass is 270 g/mol. The van der Waals surface area contributed by atoms with Crippen LogP contribution in [0.3, 0.4) is 0 Å². The van der Waals surface area contributed by atoms with Crippen molar-refractivity contribution < 1.29 is 10.2 Å². The highest BCUT2D eigenvalue weighted by Gasteiger charge is 2.33. The molecule has 0 aliphatic carbocycles. The zero-order valence-corrected chi connectivity index (χ0v) is 12.1. The predicted octanol–water partition coefficient (Wildman–Crippen LogP) is 3.28. The van der Waals surface area contributed by atoms with Crippen LogP contribution in [-0.4, -0.2) is 15.8 Å². The van der Waals surface area contributed by atoms with Gasteiger partial charge >= 0.3 is 0 Å². The highest BCUT2D eigenvalue weighted by atomic mass is 16.3. The Kier molecular flexibility index (Phi) is 4.26. The number of hydrogen-bond acceptors (Lipinski definition) is 2. The van der Waals surface area contributed by atoms with Crippen molar-refractivity contribution in [3.8, 4) is 0 Å². The fraction of sp³-hybridized carbons (Fsp3) is 0.333. The standard InChI is InChI=1S/C18H22O2/c1-17(19,13-15-9-5-3-6-10-15)14-18(2,20)16-11-7-4-8-12-16/h3-12,19-20H,13-14H2,1-2H3. The van der Waals surface area contributed by atoms with E-state index >= 15 is 0 Å². The lowest BCUT2D eigenvalue weighted by molar-refractivity contribution is -0.0484. The summed E-state index contributed by atoms with van der Waals surface area (Å²) >= 11 is 0. The number of rotatable bonds is 5. The van der Waals surface area contributed by atoms with Gasteiger partial charge in [-0.15, -0.1) is 0 Å². The van der Waals surface area contributed by atoms with Crippen LogP contribution in [0, 0.1) is 0 Å². The summed E-state index contributed by atoms with van der Waals surface area (Å²) in [5.74, 6) is 0. The van der Waals surface area contributed by atoms with Gasteiger partial charge in [-0.05, 0) is 25.0 Å². The maximum Gasteiger partial charge on any atom is 0.0895 e. The Morgan fingerprint density at radius 3 is 1.85 bits per heavy atom. The molecule has 2 rings (SSSR count). The van der Waals surface area contributed by atoms with Gasteiger partial charge in [-0.1, -0.05) is 60.7 Å². The summed E-state index contributed by atoms with van der Waals surface area (Å²) in [5.41, 5.74) is -0.102. The Morgan fingerprint density at radius 2 is 1.30 bits per heavy atom. The molecule has 2 aromatic carbocycles. The second-order valence-corrected chi connectivity index (χ2v) is 5.98. The van der Waals surface area contributed by atoms with E-state index in [4.69, 9.17) is 0 Å². The van der Waals surface area contributed by atoms with E-state index in [1.165, 1.54) is 0 Å². The van der Waals surface area contributed by atoms with Crippen molar-refractivity contribution in [2.75, 3.05) is 0 Å². The molecule has 2 aromatic rings. The average molecular weight is 270 g/mol. The van der Waals surface area contributed by atoms with Gasteiger partial charge in [-0.2, -0.15) is 0 Å². The molecule has 2 atom stereocenters. The molecule has 0 aromatic heterocycles. The summed E-state index contributed by atoms with van der Waals surface area (Å²) in [7, 11) is 0. The van der Waals surface area contributed by atoms with Crippen LogP contribution >= 0.6 is 0 Å². The molecule has 0 radical (unpaired) electrons. The molecule has 0 amide bonds. The molecular weight excluding hydrogens is 248 g/mol. The topological polar surface area (TPSA) is 40.5 Å². The summed E-state index contributed by atoms with van der Waals surface area (Å²) in [4.78, 5) is 0. The minimum absolute atomic E-state index is 0.291. The van der Waals surface area contributed by atoms with Crippen molar-refractivity contribution in [3.63, 3.8) is 0 Å². The Labute approximate surface area is 120 Å². The first-order valence-corrected chi connectivity index (χ1v) is 6.93. The Bertz CT molecular complexity index is 530. The van der Waals surface area contributed by atoms with Crippen molar-refractivity contribution >= 4 is 0 Å². The van der Waals surface area contributed by atoms with Gasteiger partial charge in [0.25, 0.3) is 0 Å². The van der Waals surface area contributed by atoms with Gasteiger partial charge in [0, 0.05) is 12.8 Å². The van der Waals surface area contributed by atoms with E-state index in [-0.39, 0.29) is 0 Å². The summed E-state index contributed by atoms with van der Waals surface area (Å²) < 4.78 is 0. The molecule has 0 spiro atoms. The Morgan fingerprint density at radius 1 is 0.800 bits per heavy atom. The maximum absolute atomic E-state index is 10.6. The maximum atomic E-state index is 10.6. The molecule has 0 bridgehead atoms. The van der Waals surface area contributed by atoms with Gasteiger partial charge in [0.1, 0.15) is 0 Å². The number of hydrogen-bond donors (Lipinski definition) is 2. The molecule has 20 heavy (non-hydrogen) atoms. The second-order valence-electron chi connectivity index (χ2n) is 5.98. The van der Waals surface area contributed by atoms with Crippen LogP contribution in [0.1, 0.15) is 31.4 Å².